The summed E-state index contributed by atoms with van der Waals surface area (Å²) in [6.45, 7) is 0.748. The molecule has 0 heterocycles. The van der Waals surface area contributed by atoms with Crippen LogP contribution in [-0.4, -0.2) is 38.1 Å². The number of halogens is 4. The summed E-state index contributed by atoms with van der Waals surface area (Å²) >= 11 is 5.67. The van der Waals surface area contributed by atoms with Crippen LogP contribution in [0.15, 0.2) is 24.3 Å². The zero-order chi connectivity index (χ0) is 19.4. The first-order valence-electron chi connectivity index (χ1n) is 7.00. The van der Waals surface area contributed by atoms with Crippen molar-refractivity contribution >= 4 is 29.3 Å². The van der Waals surface area contributed by atoms with Gasteiger partial charge in [0, 0.05) is 17.0 Å². The number of carbonyl (C=O) groups excluding carboxylic acids is 3. The Balaban J connectivity index is 3.32. The molecule has 0 N–H and O–H groups in total. The first kappa shape index (κ1) is 21.0. The molecule has 0 bridgehead atoms. The number of rotatable bonds is 6. The lowest BCUT2D eigenvalue weighted by atomic mass is 9.73. The Hall–Kier alpha value is -2.09. The topological polar surface area (TPSA) is 69.7 Å². The minimum absolute atomic E-state index is 0.0317. The van der Waals surface area contributed by atoms with Crippen molar-refractivity contribution in [3.63, 3.8) is 0 Å². The van der Waals surface area contributed by atoms with E-state index in [1.807, 2.05) is 0 Å². The SMILES string of the molecule is COC(=O)C(C)(C(=O)OC)[C@H](CC(=O)c1ccc(Cl)cc1)C(F)(F)F. The van der Waals surface area contributed by atoms with Crippen molar-refractivity contribution in [2.24, 2.45) is 11.3 Å². The molecule has 1 aromatic carbocycles. The molecular weight excluding hydrogens is 365 g/mol. The van der Waals surface area contributed by atoms with Crippen LogP contribution in [0.4, 0.5) is 13.2 Å². The average molecular weight is 381 g/mol. The molecule has 0 fully saturated rings. The molecule has 0 aliphatic rings. The number of carbonyl (C=O) groups is 3. The van der Waals surface area contributed by atoms with Crippen LogP contribution in [0.25, 0.3) is 0 Å². The smallest absolute Gasteiger partial charge is 0.393 e. The number of methoxy groups -OCH3 is 2. The Morgan fingerprint density at radius 1 is 1.04 bits per heavy atom. The van der Waals surface area contributed by atoms with Crippen LogP contribution in [0.2, 0.25) is 5.02 Å². The second-order valence-corrected chi connectivity index (χ2v) is 5.85. The van der Waals surface area contributed by atoms with E-state index in [1.165, 1.54) is 24.3 Å². The molecule has 5 nitrogen and oxygen atoms in total. The van der Waals surface area contributed by atoms with Gasteiger partial charge in [0.25, 0.3) is 0 Å². The third kappa shape index (κ3) is 4.50. The highest BCUT2D eigenvalue weighted by molar-refractivity contribution is 6.30. The van der Waals surface area contributed by atoms with E-state index in [-0.39, 0.29) is 5.56 Å². The molecule has 0 radical (unpaired) electrons. The largest absolute Gasteiger partial charge is 0.468 e. The molecule has 0 spiro atoms. The van der Waals surface area contributed by atoms with Gasteiger partial charge in [0.1, 0.15) is 0 Å². The van der Waals surface area contributed by atoms with E-state index in [9.17, 15) is 27.6 Å². The number of benzene rings is 1. The number of ether oxygens (including phenoxy) is 2. The Kier molecular flexibility index (Phi) is 6.59. The summed E-state index contributed by atoms with van der Waals surface area (Å²) in [5, 5.41) is 0.304. The first-order valence-corrected chi connectivity index (χ1v) is 7.38. The Labute approximate surface area is 147 Å². The molecule has 0 aromatic heterocycles. The average Bonchev–Trinajstić information content (AvgIpc) is 2.56. The van der Waals surface area contributed by atoms with Crippen LogP contribution in [0.3, 0.4) is 0 Å². The lowest BCUT2D eigenvalue weighted by Gasteiger charge is -2.33. The van der Waals surface area contributed by atoms with Crippen LogP contribution >= 0.6 is 11.6 Å². The minimum Gasteiger partial charge on any atom is -0.468 e. The zero-order valence-corrected chi connectivity index (χ0v) is 14.4. The highest BCUT2D eigenvalue weighted by Gasteiger charge is 2.61. The minimum atomic E-state index is -5.03. The van der Waals surface area contributed by atoms with Gasteiger partial charge < -0.3 is 9.47 Å². The standard InChI is InChI=1S/C16H16ClF3O5/c1-15(13(22)24-2,14(23)25-3)12(16(18,19)20)8-11(21)9-4-6-10(17)7-5-9/h4-7,12H,8H2,1-3H3/t12-/m0/s1. The van der Waals surface area contributed by atoms with Crippen LogP contribution in [0.1, 0.15) is 23.7 Å². The van der Waals surface area contributed by atoms with Crippen molar-refractivity contribution in [3.8, 4) is 0 Å². The van der Waals surface area contributed by atoms with Crippen LogP contribution in [0, 0.1) is 11.3 Å². The molecule has 9 heteroatoms. The molecule has 0 aliphatic heterocycles. The summed E-state index contributed by atoms with van der Waals surface area (Å²) in [7, 11) is 1.69. The normalized spacial score (nSPS) is 13.1. The molecule has 0 saturated carbocycles. The summed E-state index contributed by atoms with van der Waals surface area (Å²) in [4.78, 5) is 36.1. The Morgan fingerprint density at radius 3 is 1.84 bits per heavy atom. The van der Waals surface area contributed by atoms with Gasteiger partial charge in [-0.25, -0.2) is 0 Å². The maximum absolute atomic E-state index is 13.6. The van der Waals surface area contributed by atoms with Gasteiger partial charge in [-0.2, -0.15) is 13.2 Å². The fourth-order valence-corrected chi connectivity index (χ4v) is 2.50. The highest BCUT2D eigenvalue weighted by atomic mass is 35.5. The quantitative estimate of drug-likeness (QED) is 0.429. The van der Waals surface area contributed by atoms with Gasteiger partial charge in [-0.3, -0.25) is 14.4 Å². The van der Waals surface area contributed by atoms with Gasteiger partial charge in [0.15, 0.2) is 11.2 Å². The lowest BCUT2D eigenvalue weighted by Crippen LogP contribution is -2.51. The molecule has 25 heavy (non-hydrogen) atoms. The van der Waals surface area contributed by atoms with Gasteiger partial charge in [-0.05, 0) is 31.2 Å². The van der Waals surface area contributed by atoms with E-state index in [2.05, 4.69) is 9.47 Å². The molecule has 0 aliphatic carbocycles. The van der Waals surface area contributed by atoms with Crippen molar-refractivity contribution in [3.05, 3.63) is 34.9 Å². The van der Waals surface area contributed by atoms with E-state index in [0.717, 1.165) is 21.1 Å². The van der Waals surface area contributed by atoms with E-state index in [0.29, 0.717) is 5.02 Å². The van der Waals surface area contributed by atoms with Gasteiger partial charge >= 0.3 is 18.1 Å². The number of hydrogen-bond acceptors (Lipinski definition) is 5. The van der Waals surface area contributed by atoms with Crippen molar-refractivity contribution < 1.29 is 37.0 Å². The van der Waals surface area contributed by atoms with Crippen molar-refractivity contribution in [1.82, 2.24) is 0 Å². The Morgan fingerprint density at radius 2 is 1.48 bits per heavy atom. The number of esters is 2. The lowest BCUT2D eigenvalue weighted by molar-refractivity contribution is -0.219. The van der Waals surface area contributed by atoms with E-state index in [1.54, 1.807) is 0 Å². The fraction of sp³-hybridized carbons (Fsp3) is 0.438. The number of alkyl halides is 3. The van der Waals surface area contributed by atoms with E-state index >= 15 is 0 Å². The summed E-state index contributed by atoms with van der Waals surface area (Å²) in [5.74, 6) is -6.41. The predicted molar refractivity (Wildman–Crippen MR) is 82.1 cm³/mol. The fourth-order valence-electron chi connectivity index (χ4n) is 2.38. The van der Waals surface area contributed by atoms with Crippen molar-refractivity contribution in [1.29, 1.82) is 0 Å². The van der Waals surface area contributed by atoms with Crippen LogP contribution in [-0.2, 0) is 19.1 Å². The first-order chi connectivity index (χ1) is 11.5. The molecule has 1 rings (SSSR count). The number of hydrogen-bond donors (Lipinski definition) is 0. The molecule has 138 valence electrons. The van der Waals surface area contributed by atoms with E-state index in [4.69, 9.17) is 11.6 Å². The van der Waals surface area contributed by atoms with Gasteiger partial charge in [-0.15, -0.1) is 0 Å². The second kappa shape index (κ2) is 7.86. The van der Waals surface area contributed by atoms with Crippen LogP contribution in [0.5, 0.6) is 0 Å². The summed E-state index contributed by atoms with van der Waals surface area (Å²) in [6, 6.07) is 5.20. The third-order valence-electron chi connectivity index (χ3n) is 3.87. The molecule has 1 atom stereocenters. The summed E-state index contributed by atoms with van der Waals surface area (Å²) in [5.41, 5.74) is -2.75. The second-order valence-electron chi connectivity index (χ2n) is 5.41. The van der Waals surface area contributed by atoms with Gasteiger partial charge in [0.2, 0.25) is 0 Å². The van der Waals surface area contributed by atoms with Gasteiger partial charge in [0.05, 0.1) is 20.1 Å². The highest BCUT2D eigenvalue weighted by Crippen LogP contribution is 2.44. The molecule has 0 unspecified atom stereocenters. The number of Topliss-reactive ketones (excluding diaryl/α,β-unsaturated/α-hetero) is 1. The number of ketones is 1. The predicted octanol–water partition coefficient (Wildman–Crippen LogP) is 3.44. The summed E-state index contributed by atoms with van der Waals surface area (Å²) in [6.07, 6.45) is -6.16. The van der Waals surface area contributed by atoms with Crippen molar-refractivity contribution in [2.75, 3.05) is 14.2 Å². The molecule has 0 amide bonds. The maximum Gasteiger partial charge on any atom is 0.393 e. The molecule has 0 saturated heterocycles. The zero-order valence-electron chi connectivity index (χ0n) is 13.6. The molecule has 1 aromatic rings. The van der Waals surface area contributed by atoms with Crippen molar-refractivity contribution in [2.45, 2.75) is 19.5 Å². The Bertz CT molecular complexity index is 639. The maximum atomic E-state index is 13.6. The molecular formula is C16H16ClF3O5. The van der Waals surface area contributed by atoms with E-state index < -0.39 is 41.7 Å². The summed E-state index contributed by atoms with van der Waals surface area (Å²) < 4.78 is 49.4. The monoisotopic (exact) mass is 380 g/mol. The van der Waals surface area contributed by atoms with Gasteiger partial charge in [-0.1, -0.05) is 11.6 Å². The third-order valence-corrected chi connectivity index (χ3v) is 4.12. The van der Waals surface area contributed by atoms with Crippen LogP contribution < -0.4 is 0 Å².